The molecule has 2 N–H and O–H groups in total. The Bertz CT molecular complexity index is 2140. The fourth-order valence-corrected chi connectivity index (χ4v) is 7.37. The van der Waals surface area contributed by atoms with Crippen molar-refractivity contribution in [1.29, 1.82) is 0 Å². The molecule has 52 heavy (non-hydrogen) atoms. The third kappa shape index (κ3) is 6.66. The average Bonchev–Trinajstić information content (AvgIpc) is 3.50. The number of amides is 3. The molecular weight excluding hydrogens is 677 g/mol. The van der Waals surface area contributed by atoms with Crippen LogP contribution in [0, 0.1) is 19.3 Å². The Balaban J connectivity index is 1.29. The molecular formula is C37H37F3N8O4. The van der Waals surface area contributed by atoms with Gasteiger partial charge in [-0.25, -0.2) is 15.0 Å². The number of ketones is 1. The van der Waals surface area contributed by atoms with Gasteiger partial charge in [-0.3, -0.25) is 23.9 Å². The first-order valence-corrected chi connectivity index (χ1v) is 17.2. The normalized spacial score (nSPS) is 22.8. The van der Waals surface area contributed by atoms with Crippen LogP contribution in [-0.2, 0) is 27.1 Å². The molecule has 2 aliphatic heterocycles. The van der Waals surface area contributed by atoms with E-state index >= 15 is 0 Å². The monoisotopic (exact) mass is 714 g/mol. The molecule has 3 amide bonds. The fourth-order valence-electron chi connectivity index (χ4n) is 7.37. The van der Waals surface area contributed by atoms with Gasteiger partial charge in [-0.05, 0) is 75.3 Å². The first-order chi connectivity index (χ1) is 24.7. The molecule has 5 heterocycles. The number of pyridine rings is 1. The van der Waals surface area contributed by atoms with Gasteiger partial charge in [-0.2, -0.15) is 18.3 Å². The Morgan fingerprint density at radius 3 is 2.54 bits per heavy atom. The zero-order valence-corrected chi connectivity index (χ0v) is 28.9. The van der Waals surface area contributed by atoms with E-state index in [1.165, 1.54) is 29.5 Å². The summed E-state index contributed by atoms with van der Waals surface area (Å²) < 4.78 is 42.0. The van der Waals surface area contributed by atoms with Crippen LogP contribution in [-0.4, -0.2) is 71.8 Å². The number of aromatic nitrogens is 5. The second kappa shape index (κ2) is 13.3. The second-order valence-corrected chi connectivity index (χ2v) is 13.9. The van der Waals surface area contributed by atoms with Crippen molar-refractivity contribution in [3.8, 4) is 11.1 Å². The maximum absolute atomic E-state index is 14.4. The van der Waals surface area contributed by atoms with Crippen LogP contribution in [0.4, 0.5) is 19.0 Å². The van der Waals surface area contributed by atoms with Crippen LogP contribution < -0.4 is 10.6 Å². The highest BCUT2D eigenvalue weighted by Gasteiger charge is 2.67. The number of Topliss-reactive ketones (excluding diaryl/α,β-unsaturated/α-hetero) is 1. The van der Waals surface area contributed by atoms with Crippen LogP contribution in [0.1, 0.15) is 78.6 Å². The summed E-state index contributed by atoms with van der Waals surface area (Å²) >= 11 is 0. The lowest BCUT2D eigenvalue weighted by atomic mass is 9.98. The van der Waals surface area contributed by atoms with E-state index in [0.717, 1.165) is 23.6 Å². The number of anilines is 1. The van der Waals surface area contributed by atoms with Gasteiger partial charge < -0.3 is 15.5 Å². The minimum atomic E-state index is -4.72. The number of halogens is 3. The average molecular weight is 715 g/mol. The number of nitrogens with one attached hydrogen (secondary N) is 2. The number of aryl methyl sites for hydroxylation is 2. The molecule has 3 aliphatic rings. The lowest BCUT2D eigenvalue weighted by Gasteiger charge is -2.27. The summed E-state index contributed by atoms with van der Waals surface area (Å²) in [7, 11) is 0. The van der Waals surface area contributed by atoms with E-state index in [1.807, 2.05) is 24.3 Å². The van der Waals surface area contributed by atoms with E-state index in [2.05, 4.69) is 30.7 Å². The summed E-state index contributed by atoms with van der Waals surface area (Å²) in [6.07, 6.45) is 5.70. The highest BCUT2D eigenvalue weighted by molar-refractivity contribution is 6.08. The summed E-state index contributed by atoms with van der Waals surface area (Å²) in [5.74, 6) is -1.22. The molecule has 0 radical (unpaired) electrons. The van der Waals surface area contributed by atoms with Crippen molar-refractivity contribution in [2.45, 2.75) is 84.1 Å². The highest BCUT2D eigenvalue weighted by atomic mass is 19.4. The van der Waals surface area contributed by atoms with Crippen molar-refractivity contribution in [2.24, 2.45) is 5.41 Å². The fraction of sp³-hybridized carbons (Fsp3) is 0.405. The Morgan fingerprint density at radius 1 is 1.04 bits per heavy atom. The van der Waals surface area contributed by atoms with E-state index < -0.39 is 41.2 Å². The number of carbonyl (C=O) groups excluding carboxylic acids is 4. The van der Waals surface area contributed by atoms with Crippen molar-refractivity contribution in [3.05, 3.63) is 71.1 Å². The topological polar surface area (TPSA) is 152 Å². The smallest absolute Gasteiger partial charge is 0.355 e. The summed E-state index contributed by atoms with van der Waals surface area (Å²) in [6.45, 7) is 4.65. The van der Waals surface area contributed by atoms with E-state index in [9.17, 15) is 32.3 Å². The van der Waals surface area contributed by atoms with Gasteiger partial charge in [0.1, 0.15) is 35.6 Å². The number of alkyl halides is 3. The Hall–Kier alpha value is -5.47. The Kier molecular flexibility index (Phi) is 8.91. The number of hydrogen-bond donors (Lipinski definition) is 2. The zero-order valence-electron chi connectivity index (χ0n) is 28.9. The zero-order chi connectivity index (χ0) is 36.9. The molecule has 1 aromatic carbocycles. The Labute approximate surface area is 296 Å². The molecule has 270 valence electrons. The highest BCUT2D eigenvalue weighted by Crippen LogP contribution is 2.59. The van der Waals surface area contributed by atoms with Crippen LogP contribution in [0.5, 0.6) is 0 Å². The molecule has 0 unspecified atom stereocenters. The molecule has 1 aliphatic carbocycles. The maximum Gasteiger partial charge on any atom is 0.433 e. The van der Waals surface area contributed by atoms with Gasteiger partial charge in [0.2, 0.25) is 17.7 Å². The molecule has 0 spiro atoms. The molecule has 3 aromatic heterocycles. The maximum atomic E-state index is 14.4. The molecule has 3 atom stereocenters. The first-order valence-electron chi connectivity index (χ1n) is 17.2. The summed E-state index contributed by atoms with van der Waals surface area (Å²) in [5.41, 5.74) is 1.50. The van der Waals surface area contributed by atoms with E-state index in [4.69, 9.17) is 0 Å². The van der Waals surface area contributed by atoms with E-state index in [-0.39, 0.29) is 42.7 Å². The minimum Gasteiger partial charge on any atom is -0.355 e. The predicted octanol–water partition coefficient (Wildman–Crippen LogP) is 5.43. The molecule has 1 saturated carbocycles. The second-order valence-electron chi connectivity index (χ2n) is 13.9. The summed E-state index contributed by atoms with van der Waals surface area (Å²) in [5, 5.41) is 10.7. The van der Waals surface area contributed by atoms with Gasteiger partial charge in [0.25, 0.3) is 0 Å². The van der Waals surface area contributed by atoms with Crippen molar-refractivity contribution in [1.82, 2.24) is 34.9 Å². The number of rotatable bonds is 4. The number of piperidine rings is 1. The SMILES string of the molecule is CC(=O)c1nn2c3c(cc(-c4cnc(C)nc4)cc13)/C=C/CCCCC(=O)NC[C@@]13C[C@@H](C(=O)Nc4nc(C(F)(F)F)ccc4C)N(C(=O)C2)[C@@H]1C3. The number of carbonyl (C=O) groups is 4. The summed E-state index contributed by atoms with van der Waals surface area (Å²) in [4.78, 5) is 67.9. The lowest BCUT2D eigenvalue weighted by Crippen LogP contribution is -2.47. The molecule has 12 nitrogen and oxygen atoms in total. The third-order valence-electron chi connectivity index (χ3n) is 10.2. The van der Waals surface area contributed by atoms with Gasteiger partial charge in [0.05, 0.1) is 5.52 Å². The Morgan fingerprint density at radius 2 is 1.81 bits per heavy atom. The number of nitrogens with zero attached hydrogens (tertiary/aromatic N) is 6. The van der Waals surface area contributed by atoms with E-state index in [1.54, 1.807) is 19.3 Å². The molecule has 7 rings (SSSR count). The third-order valence-corrected chi connectivity index (χ3v) is 10.2. The van der Waals surface area contributed by atoms with Gasteiger partial charge in [-0.1, -0.05) is 18.2 Å². The summed E-state index contributed by atoms with van der Waals surface area (Å²) in [6, 6.07) is 4.36. The van der Waals surface area contributed by atoms with Crippen LogP contribution in [0.3, 0.4) is 0 Å². The van der Waals surface area contributed by atoms with Gasteiger partial charge in [0.15, 0.2) is 5.78 Å². The molecule has 2 fully saturated rings. The van der Waals surface area contributed by atoms with Crippen LogP contribution in [0.15, 0.2) is 42.7 Å². The van der Waals surface area contributed by atoms with E-state index in [0.29, 0.717) is 53.5 Å². The quantitative estimate of drug-likeness (QED) is 0.266. The molecule has 2 bridgehead atoms. The van der Waals surface area contributed by atoms with Crippen molar-refractivity contribution < 1.29 is 32.3 Å². The minimum absolute atomic E-state index is 0.130. The van der Waals surface area contributed by atoms with Gasteiger partial charge in [-0.15, -0.1) is 0 Å². The van der Waals surface area contributed by atoms with Crippen LogP contribution in [0.25, 0.3) is 28.1 Å². The standard InChI is InChI=1S/C37H37F3N8O4/c1-20-10-11-28(37(38,39)40)44-34(20)45-35(52)27-14-36-15-29(36)48(27)31(51)18-47-33-23(8-6-4-5-7-9-30(50)43-19-36)12-24(25-16-41-22(3)42-17-25)13-26(33)32(46-47)21(2)49/h6,8,10-13,16-17,27,29H,4-5,7,9,14-15,18-19H2,1-3H3,(H,43,50)(H,44,45,52)/b8-6+/t27-,29+,36-/m0/s1. The predicted molar refractivity (Wildman–Crippen MR) is 185 cm³/mol. The number of allylic oxidation sites excluding steroid dienone is 1. The van der Waals surface area contributed by atoms with Crippen LogP contribution in [0.2, 0.25) is 0 Å². The first kappa shape index (κ1) is 35.0. The van der Waals surface area contributed by atoms with Gasteiger partial charge >= 0.3 is 6.18 Å². The van der Waals surface area contributed by atoms with Crippen molar-refractivity contribution in [3.63, 3.8) is 0 Å². The molecule has 1 saturated heterocycles. The number of hydrogen-bond acceptors (Lipinski definition) is 8. The molecule has 4 aromatic rings. The lowest BCUT2D eigenvalue weighted by molar-refractivity contribution is -0.141. The van der Waals surface area contributed by atoms with Crippen molar-refractivity contribution in [2.75, 3.05) is 11.9 Å². The van der Waals surface area contributed by atoms with Crippen LogP contribution >= 0.6 is 0 Å². The molecule has 15 heteroatoms. The number of benzene rings is 1. The van der Waals surface area contributed by atoms with Crippen molar-refractivity contribution >= 4 is 46.3 Å². The largest absolute Gasteiger partial charge is 0.433 e. The van der Waals surface area contributed by atoms with Gasteiger partial charge in [0, 0.05) is 60.3 Å².